The monoisotopic (exact) mass is 350 g/mol. The van der Waals surface area contributed by atoms with Gasteiger partial charge >= 0.3 is 5.97 Å². The molecule has 1 aromatic rings. The quantitative estimate of drug-likeness (QED) is 0.804. The maximum Gasteiger partial charge on any atom is 0.310 e. The molecule has 2 heterocycles. The summed E-state index contributed by atoms with van der Waals surface area (Å²) in [6.07, 6.45) is 2.65. The Hall–Kier alpha value is -1.03. The molecular formula is C10H11BrN2O5S. The summed E-state index contributed by atoms with van der Waals surface area (Å²) in [6.45, 7) is 0.0386. The highest BCUT2D eigenvalue weighted by Gasteiger charge is 2.37. The predicted octanol–water partition coefficient (Wildman–Crippen LogP) is 0.222. The normalized spacial score (nSPS) is 23.4. The highest BCUT2D eigenvalue weighted by Crippen LogP contribution is 2.19. The van der Waals surface area contributed by atoms with Gasteiger partial charge in [-0.25, -0.2) is 13.1 Å². The summed E-state index contributed by atoms with van der Waals surface area (Å²) in [4.78, 5) is 14.7. The molecule has 0 radical (unpaired) electrons. The third-order valence-electron chi connectivity index (χ3n) is 2.69. The smallest absolute Gasteiger partial charge is 0.310 e. The molecule has 0 aliphatic carbocycles. The largest absolute Gasteiger partial charge is 0.481 e. The summed E-state index contributed by atoms with van der Waals surface area (Å²) < 4.78 is 32.0. The number of carboxylic acids is 1. The number of hydrogen-bond donors (Lipinski definition) is 2. The highest BCUT2D eigenvalue weighted by atomic mass is 79.9. The lowest BCUT2D eigenvalue weighted by atomic mass is 10.1. The van der Waals surface area contributed by atoms with E-state index in [1.807, 2.05) is 0 Å². The fraction of sp³-hybridized carbons (Fsp3) is 0.400. The van der Waals surface area contributed by atoms with Gasteiger partial charge in [0.2, 0.25) is 10.0 Å². The van der Waals surface area contributed by atoms with Crippen molar-refractivity contribution in [1.29, 1.82) is 0 Å². The predicted molar refractivity (Wildman–Crippen MR) is 68.0 cm³/mol. The first-order chi connectivity index (χ1) is 8.90. The summed E-state index contributed by atoms with van der Waals surface area (Å²) in [5.41, 5.74) is 0. The van der Waals surface area contributed by atoms with Gasteiger partial charge in [0.1, 0.15) is 4.90 Å². The first-order valence-electron chi connectivity index (χ1n) is 5.33. The van der Waals surface area contributed by atoms with Crippen LogP contribution in [-0.4, -0.2) is 43.7 Å². The van der Waals surface area contributed by atoms with Crippen LogP contribution in [0.4, 0.5) is 0 Å². The molecule has 19 heavy (non-hydrogen) atoms. The maximum atomic E-state index is 12.1. The maximum absolute atomic E-state index is 12.1. The van der Waals surface area contributed by atoms with Gasteiger partial charge in [0.15, 0.2) is 0 Å². The van der Waals surface area contributed by atoms with Crippen molar-refractivity contribution in [2.45, 2.75) is 10.9 Å². The molecule has 1 saturated heterocycles. The van der Waals surface area contributed by atoms with Gasteiger partial charge < -0.3 is 9.84 Å². The number of aliphatic carboxylic acids is 1. The Labute approximate surface area is 118 Å². The number of nitrogens with one attached hydrogen (secondary N) is 1. The van der Waals surface area contributed by atoms with E-state index in [-0.39, 0.29) is 18.1 Å². The Bertz CT molecular complexity index is 591. The molecule has 1 aliphatic heterocycles. The van der Waals surface area contributed by atoms with Gasteiger partial charge in [-0.2, -0.15) is 0 Å². The lowest BCUT2D eigenvalue weighted by molar-refractivity contribution is -0.142. The van der Waals surface area contributed by atoms with Crippen molar-refractivity contribution in [2.24, 2.45) is 5.92 Å². The van der Waals surface area contributed by atoms with Gasteiger partial charge in [-0.3, -0.25) is 9.78 Å². The second-order valence-electron chi connectivity index (χ2n) is 4.05. The average molecular weight is 351 g/mol. The van der Waals surface area contributed by atoms with Crippen molar-refractivity contribution in [3.8, 4) is 0 Å². The van der Waals surface area contributed by atoms with Crippen LogP contribution in [-0.2, 0) is 19.6 Å². The third kappa shape index (κ3) is 3.30. The number of carboxylic acid groups (broad SMARTS) is 1. The Morgan fingerprint density at radius 3 is 2.84 bits per heavy atom. The number of aromatic nitrogens is 1. The fourth-order valence-corrected chi connectivity index (χ4v) is 3.49. The second-order valence-corrected chi connectivity index (χ2v) is 6.68. The zero-order valence-corrected chi connectivity index (χ0v) is 12.0. The summed E-state index contributed by atoms with van der Waals surface area (Å²) in [6, 6.07) is 0.613. The number of hydrogen-bond acceptors (Lipinski definition) is 5. The molecule has 104 valence electrons. The zero-order chi connectivity index (χ0) is 14.0. The van der Waals surface area contributed by atoms with Crippen LogP contribution in [0, 0.1) is 5.92 Å². The van der Waals surface area contributed by atoms with Gasteiger partial charge in [0, 0.05) is 16.9 Å². The molecule has 0 spiro atoms. The molecule has 1 aliphatic rings. The molecular weight excluding hydrogens is 340 g/mol. The van der Waals surface area contributed by atoms with Gasteiger partial charge in [0.05, 0.1) is 25.2 Å². The van der Waals surface area contributed by atoms with Crippen molar-refractivity contribution in [2.75, 3.05) is 13.2 Å². The van der Waals surface area contributed by atoms with Crippen LogP contribution < -0.4 is 4.72 Å². The van der Waals surface area contributed by atoms with E-state index < -0.39 is 28.0 Å². The minimum Gasteiger partial charge on any atom is -0.481 e. The Kier molecular flexibility index (Phi) is 4.19. The summed E-state index contributed by atoms with van der Waals surface area (Å²) in [7, 11) is -3.82. The molecule has 1 aromatic heterocycles. The Balaban J connectivity index is 2.20. The number of carbonyl (C=O) groups is 1. The van der Waals surface area contributed by atoms with Gasteiger partial charge in [-0.15, -0.1) is 0 Å². The van der Waals surface area contributed by atoms with E-state index in [2.05, 4.69) is 25.6 Å². The molecule has 2 atom stereocenters. The molecule has 2 N–H and O–H groups in total. The van der Waals surface area contributed by atoms with Crippen LogP contribution in [0.25, 0.3) is 0 Å². The zero-order valence-electron chi connectivity index (χ0n) is 9.61. The topological polar surface area (TPSA) is 106 Å². The number of sulfonamides is 1. The molecule has 2 rings (SSSR count). The number of ether oxygens (including phenoxy) is 1. The van der Waals surface area contributed by atoms with Crippen molar-refractivity contribution < 1.29 is 23.1 Å². The first-order valence-corrected chi connectivity index (χ1v) is 7.61. The first kappa shape index (κ1) is 14.4. The molecule has 0 saturated carbocycles. The minimum atomic E-state index is -3.82. The SMILES string of the molecule is O=C(O)C1COCC1NS(=O)(=O)c1cncc(Br)c1. The van der Waals surface area contributed by atoms with E-state index in [9.17, 15) is 13.2 Å². The minimum absolute atomic E-state index is 0.000740. The van der Waals surface area contributed by atoms with Crippen molar-refractivity contribution in [1.82, 2.24) is 9.71 Å². The molecule has 0 amide bonds. The van der Waals surface area contributed by atoms with Crippen LogP contribution in [0.15, 0.2) is 27.8 Å². The van der Waals surface area contributed by atoms with E-state index >= 15 is 0 Å². The molecule has 9 heteroatoms. The molecule has 2 unspecified atom stereocenters. The fourth-order valence-electron chi connectivity index (χ4n) is 1.72. The van der Waals surface area contributed by atoms with Gasteiger partial charge in [-0.1, -0.05) is 0 Å². The second kappa shape index (κ2) is 5.53. The molecule has 1 fully saturated rings. The lowest BCUT2D eigenvalue weighted by Gasteiger charge is -2.15. The van der Waals surface area contributed by atoms with Crippen LogP contribution in [0.3, 0.4) is 0 Å². The van der Waals surface area contributed by atoms with Crippen LogP contribution in [0.1, 0.15) is 0 Å². The Morgan fingerprint density at radius 2 is 2.21 bits per heavy atom. The highest BCUT2D eigenvalue weighted by molar-refractivity contribution is 9.10. The van der Waals surface area contributed by atoms with E-state index in [0.29, 0.717) is 4.47 Å². The number of rotatable bonds is 4. The van der Waals surface area contributed by atoms with Crippen molar-refractivity contribution >= 4 is 31.9 Å². The molecule has 7 nitrogen and oxygen atoms in total. The number of halogens is 1. The average Bonchev–Trinajstić information content (AvgIpc) is 2.76. The van der Waals surface area contributed by atoms with E-state index in [1.165, 1.54) is 18.5 Å². The standard InChI is InChI=1S/C10H11BrN2O5S/c11-6-1-7(3-12-2-6)19(16,17)13-9-5-18-4-8(9)10(14)15/h1-3,8-9,13H,4-5H2,(H,14,15). The van der Waals surface area contributed by atoms with Crippen LogP contribution in [0.2, 0.25) is 0 Å². The summed E-state index contributed by atoms with van der Waals surface area (Å²) in [5, 5.41) is 8.96. The lowest BCUT2D eigenvalue weighted by Crippen LogP contribution is -2.42. The van der Waals surface area contributed by atoms with Crippen LogP contribution >= 0.6 is 15.9 Å². The number of nitrogens with zero attached hydrogens (tertiary/aromatic N) is 1. The summed E-state index contributed by atoms with van der Waals surface area (Å²) >= 11 is 3.13. The third-order valence-corrected chi connectivity index (χ3v) is 4.58. The van der Waals surface area contributed by atoms with Crippen molar-refractivity contribution in [3.05, 3.63) is 22.9 Å². The Morgan fingerprint density at radius 1 is 1.47 bits per heavy atom. The van der Waals surface area contributed by atoms with Crippen molar-refractivity contribution in [3.63, 3.8) is 0 Å². The van der Waals surface area contributed by atoms with Crippen LogP contribution in [0.5, 0.6) is 0 Å². The van der Waals surface area contributed by atoms with E-state index in [0.717, 1.165) is 0 Å². The van der Waals surface area contributed by atoms with E-state index in [4.69, 9.17) is 9.84 Å². The number of pyridine rings is 1. The molecule has 0 bridgehead atoms. The van der Waals surface area contributed by atoms with E-state index in [1.54, 1.807) is 0 Å². The summed E-state index contributed by atoms with van der Waals surface area (Å²) in [5.74, 6) is -1.97. The molecule has 0 aromatic carbocycles. The van der Waals surface area contributed by atoms with Gasteiger partial charge in [-0.05, 0) is 22.0 Å². The van der Waals surface area contributed by atoms with Gasteiger partial charge in [0.25, 0.3) is 0 Å².